The minimum Gasteiger partial charge on any atom is -0.469 e. The Balaban J connectivity index is 2.58. The van der Waals surface area contributed by atoms with Crippen molar-refractivity contribution in [2.24, 2.45) is 0 Å². The summed E-state index contributed by atoms with van der Waals surface area (Å²) in [6.45, 7) is 8.75. The first kappa shape index (κ1) is 14.7. The van der Waals surface area contributed by atoms with E-state index in [1.165, 1.54) is 18.4 Å². The lowest BCUT2D eigenvalue weighted by molar-refractivity contribution is -0.140. The molecule has 0 aliphatic carbocycles. The monoisotopic (exact) mass is 253 g/mol. The van der Waals surface area contributed by atoms with E-state index in [2.05, 4.69) is 29.0 Å². The van der Waals surface area contributed by atoms with Gasteiger partial charge in [-0.2, -0.15) is 5.10 Å². The van der Waals surface area contributed by atoms with Crippen LogP contribution in [0.5, 0.6) is 0 Å². The van der Waals surface area contributed by atoms with E-state index in [1.54, 1.807) is 0 Å². The van der Waals surface area contributed by atoms with E-state index < -0.39 is 0 Å². The molecule has 0 aromatic carbocycles. The Morgan fingerprint density at radius 3 is 2.78 bits per heavy atom. The van der Waals surface area contributed by atoms with Gasteiger partial charge in [-0.25, -0.2) is 0 Å². The summed E-state index contributed by atoms with van der Waals surface area (Å²) in [6.07, 6.45) is 1.20. The minimum absolute atomic E-state index is 0.163. The van der Waals surface area contributed by atoms with Crippen LogP contribution in [0.25, 0.3) is 0 Å². The fourth-order valence-electron chi connectivity index (χ4n) is 1.93. The SMILES string of the molecule is CCNCc1c(C)nn(CCCC(=O)OC)c1C. The molecule has 5 heteroatoms. The first-order valence-electron chi connectivity index (χ1n) is 6.40. The van der Waals surface area contributed by atoms with Crippen molar-refractivity contribution in [3.8, 4) is 0 Å². The number of rotatable bonds is 7. The maximum atomic E-state index is 11.0. The summed E-state index contributed by atoms with van der Waals surface area (Å²) >= 11 is 0. The van der Waals surface area contributed by atoms with Gasteiger partial charge in [0.15, 0.2) is 0 Å². The Hall–Kier alpha value is -1.36. The second-order valence-electron chi connectivity index (χ2n) is 4.33. The van der Waals surface area contributed by atoms with E-state index in [1.807, 2.05) is 11.6 Å². The number of esters is 1. The Bertz CT molecular complexity index is 399. The van der Waals surface area contributed by atoms with Crippen LogP contribution in [0, 0.1) is 13.8 Å². The zero-order chi connectivity index (χ0) is 13.5. The van der Waals surface area contributed by atoms with Crippen LogP contribution in [-0.4, -0.2) is 29.4 Å². The minimum atomic E-state index is -0.163. The third kappa shape index (κ3) is 3.84. The van der Waals surface area contributed by atoms with Gasteiger partial charge >= 0.3 is 5.97 Å². The number of nitrogens with zero attached hydrogens (tertiary/aromatic N) is 2. The molecule has 1 rings (SSSR count). The number of carbonyl (C=O) groups excluding carboxylic acids is 1. The van der Waals surface area contributed by atoms with Crippen LogP contribution in [0.3, 0.4) is 0 Å². The van der Waals surface area contributed by atoms with Crippen molar-refractivity contribution in [3.63, 3.8) is 0 Å². The molecule has 0 amide bonds. The Morgan fingerprint density at radius 2 is 2.17 bits per heavy atom. The van der Waals surface area contributed by atoms with Crippen molar-refractivity contribution in [1.29, 1.82) is 0 Å². The lowest BCUT2D eigenvalue weighted by Gasteiger charge is -2.05. The molecular formula is C13H23N3O2. The third-order valence-electron chi connectivity index (χ3n) is 3.06. The summed E-state index contributed by atoms with van der Waals surface area (Å²) in [5.41, 5.74) is 3.50. The van der Waals surface area contributed by atoms with Crippen molar-refractivity contribution < 1.29 is 9.53 Å². The van der Waals surface area contributed by atoms with E-state index in [0.717, 1.165) is 31.7 Å². The Labute approximate surface area is 109 Å². The third-order valence-corrected chi connectivity index (χ3v) is 3.06. The summed E-state index contributed by atoms with van der Waals surface area (Å²) in [5, 5.41) is 7.83. The van der Waals surface area contributed by atoms with Crippen LogP contribution in [0.15, 0.2) is 0 Å². The van der Waals surface area contributed by atoms with Crippen LogP contribution < -0.4 is 5.32 Å². The fraction of sp³-hybridized carbons (Fsp3) is 0.692. The first-order valence-corrected chi connectivity index (χ1v) is 6.40. The average Bonchev–Trinajstić information content (AvgIpc) is 2.62. The molecule has 0 saturated heterocycles. The second-order valence-corrected chi connectivity index (χ2v) is 4.33. The number of hydrogen-bond donors (Lipinski definition) is 1. The van der Waals surface area contributed by atoms with E-state index in [0.29, 0.717) is 6.42 Å². The molecule has 0 aliphatic heterocycles. The van der Waals surface area contributed by atoms with Gasteiger partial charge in [0.05, 0.1) is 12.8 Å². The maximum absolute atomic E-state index is 11.0. The number of nitrogens with one attached hydrogen (secondary N) is 1. The number of hydrogen-bond acceptors (Lipinski definition) is 4. The predicted octanol–water partition coefficient (Wildman–Crippen LogP) is 1.56. The molecule has 5 nitrogen and oxygen atoms in total. The van der Waals surface area contributed by atoms with Gasteiger partial charge in [0.1, 0.15) is 0 Å². The van der Waals surface area contributed by atoms with E-state index in [-0.39, 0.29) is 5.97 Å². The fourth-order valence-corrected chi connectivity index (χ4v) is 1.93. The van der Waals surface area contributed by atoms with Gasteiger partial charge in [-0.1, -0.05) is 6.92 Å². The molecule has 0 saturated carbocycles. The van der Waals surface area contributed by atoms with Gasteiger partial charge in [0, 0.05) is 30.8 Å². The van der Waals surface area contributed by atoms with Crippen LogP contribution in [0.2, 0.25) is 0 Å². The molecule has 0 aliphatic rings. The van der Waals surface area contributed by atoms with Crippen LogP contribution >= 0.6 is 0 Å². The molecule has 0 bridgehead atoms. The summed E-state index contributed by atoms with van der Waals surface area (Å²) in [7, 11) is 1.42. The van der Waals surface area contributed by atoms with Gasteiger partial charge < -0.3 is 10.1 Å². The Kier molecular flexibility index (Phi) is 5.85. The summed E-state index contributed by atoms with van der Waals surface area (Å²) in [4.78, 5) is 11.0. The van der Waals surface area contributed by atoms with Crippen molar-refractivity contribution in [1.82, 2.24) is 15.1 Å². The van der Waals surface area contributed by atoms with Crippen molar-refractivity contribution in [2.75, 3.05) is 13.7 Å². The van der Waals surface area contributed by atoms with Gasteiger partial charge in [-0.15, -0.1) is 0 Å². The smallest absolute Gasteiger partial charge is 0.305 e. The van der Waals surface area contributed by atoms with Crippen molar-refractivity contribution in [2.45, 2.75) is 46.7 Å². The molecule has 1 aromatic rings. The first-order chi connectivity index (χ1) is 8.60. The van der Waals surface area contributed by atoms with Gasteiger partial charge in [0.25, 0.3) is 0 Å². The number of carbonyl (C=O) groups is 1. The molecule has 1 heterocycles. The number of ether oxygens (including phenoxy) is 1. The largest absolute Gasteiger partial charge is 0.469 e. The van der Waals surface area contributed by atoms with E-state index in [9.17, 15) is 4.79 Å². The zero-order valence-corrected chi connectivity index (χ0v) is 11.7. The molecule has 0 atom stereocenters. The van der Waals surface area contributed by atoms with Gasteiger partial charge in [-0.3, -0.25) is 9.48 Å². The highest BCUT2D eigenvalue weighted by atomic mass is 16.5. The second kappa shape index (κ2) is 7.16. The molecule has 0 unspecified atom stereocenters. The highest BCUT2D eigenvalue weighted by molar-refractivity contribution is 5.68. The van der Waals surface area contributed by atoms with Gasteiger partial charge in [0.2, 0.25) is 0 Å². The predicted molar refractivity (Wildman–Crippen MR) is 70.3 cm³/mol. The number of aryl methyl sites for hydroxylation is 2. The standard InChI is InChI=1S/C13H23N3O2/c1-5-14-9-12-10(2)15-16(11(12)3)8-6-7-13(17)18-4/h14H,5-9H2,1-4H3. The summed E-state index contributed by atoms with van der Waals surface area (Å²) in [6, 6.07) is 0. The normalized spacial score (nSPS) is 10.7. The molecular weight excluding hydrogens is 230 g/mol. The molecule has 0 fully saturated rings. The molecule has 0 radical (unpaired) electrons. The Morgan fingerprint density at radius 1 is 1.44 bits per heavy atom. The van der Waals surface area contributed by atoms with Gasteiger partial charge in [-0.05, 0) is 26.8 Å². The highest BCUT2D eigenvalue weighted by Gasteiger charge is 2.11. The molecule has 1 N–H and O–H groups in total. The topological polar surface area (TPSA) is 56.2 Å². The maximum Gasteiger partial charge on any atom is 0.305 e. The highest BCUT2D eigenvalue weighted by Crippen LogP contribution is 2.13. The van der Waals surface area contributed by atoms with Crippen molar-refractivity contribution >= 4 is 5.97 Å². The van der Waals surface area contributed by atoms with Crippen LogP contribution in [0.4, 0.5) is 0 Å². The molecule has 1 aromatic heterocycles. The number of aromatic nitrogens is 2. The van der Waals surface area contributed by atoms with Crippen molar-refractivity contribution in [3.05, 3.63) is 17.0 Å². The quantitative estimate of drug-likeness (QED) is 0.749. The van der Waals surface area contributed by atoms with E-state index in [4.69, 9.17) is 0 Å². The zero-order valence-electron chi connectivity index (χ0n) is 11.7. The lowest BCUT2D eigenvalue weighted by Crippen LogP contribution is -2.13. The molecule has 0 spiro atoms. The van der Waals surface area contributed by atoms with E-state index >= 15 is 0 Å². The molecule has 18 heavy (non-hydrogen) atoms. The molecule has 102 valence electrons. The summed E-state index contributed by atoms with van der Waals surface area (Å²) < 4.78 is 6.60. The average molecular weight is 253 g/mol. The van der Waals surface area contributed by atoms with Crippen LogP contribution in [-0.2, 0) is 22.6 Å². The number of methoxy groups -OCH3 is 1. The van der Waals surface area contributed by atoms with Crippen LogP contribution in [0.1, 0.15) is 36.7 Å². The lowest BCUT2D eigenvalue weighted by atomic mass is 10.2. The summed E-state index contributed by atoms with van der Waals surface area (Å²) in [5.74, 6) is -0.163.